The summed E-state index contributed by atoms with van der Waals surface area (Å²) in [6.45, 7) is 5.79. The molecule has 0 atom stereocenters. The fraction of sp³-hybridized carbons (Fsp3) is 0.333. The molecule has 1 saturated heterocycles. The standard InChI is InChI=1S/C15H19N5/c1-12-4-6-17-14(11-12)19-7-9-20(10-8-19)15-13(16)3-2-5-18-15/h2-6,11H,7-10,16H2,1H3. The number of nitrogens with two attached hydrogens (primary N) is 1. The lowest BCUT2D eigenvalue weighted by Crippen LogP contribution is -2.47. The van der Waals surface area contributed by atoms with E-state index in [0.717, 1.165) is 43.5 Å². The van der Waals surface area contributed by atoms with Crippen LogP contribution in [-0.2, 0) is 0 Å². The average molecular weight is 269 g/mol. The van der Waals surface area contributed by atoms with E-state index in [2.05, 4.69) is 32.8 Å². The maximum Gasteiger partial charge on any atom is 0.151 e. The zero-order chi connectivity index (χ0) is 13.9. The van der Waals surface area contributed by atoms with Gasteiger partial charge in [0.05, 0.1) is 5.69 Å². The van der Waals surface area contributed by atoms with Crippen LogP contribution in [0.15, 0.2) is 36.7 Å². The lowest BCUT2D eigenvalue weighted by atomic mass is 10.2. The van der Waals surface area contributed by atoms with E-state index in [-0.39, 0.29) is 0 Å². The van der Waals surface area contributed by atoms with E-state index in [0.29, 0.717) is 0 Å². The summed E-state index contributed by atoms with van der Waals surface area (Å²) in [4.78, 5) is 13.4. The number of aryl methyl sites for hydroxylation is 1. The number of hydrogen-bond acceptors (Lipinski definition) is 5. The second-order valence-electron chi connectivity index (χ2n) is 5.08. The molecule has 104 valence electrons. The smallest absolute Gasteiger partial charge is 0.151 e. The average Bonchev–Trinajstić information content (AvgIpc) is 2.48. The van der Waals surface area contributed by atoms with Crippen LogP contribution < -0.4 is 15.5 Å². The molecule has 0 saturated carbocycles. The van der Waals surface area contributed by atoms with Gasteiger partial charge in [0.25, 0.3) is 0 Å². The molecular weight excluding hydrogens is 250 g/mol. The summed E-state index contributed by atoms with van der Waals surface area (Å²) in [5, 5.41) is 0. The molecule has 0 aromatic carbocycles. The van der Waals surface area contributed by atoms with E-state index in [9.17, 15) is 0 Å². The highest BCUT2D eigenvalue weighted by Crippen LogP contribution is 2.22. The molecule has 1 fully saturated rings. The van der Waals surface area contributed by atoms with Gasteiger partial charge in [-0.25, -0.2) is 9.97 Å². The largest absolute Gasteiger partial charge is 0.396 e. The SMILES string of the molecule is Cc1ccnc(N2CCN(c3ncccc3N)CC2)c1. The van der Waals surface area contributed by atoms with Crippen molar-refractivity contribution >= 4 is 17.3 Å². The Morgan fingerprint density at radius 1 is 1.00 bits per heavy atom. The van der Waals surface area contributed by atoms with Crippen molar-refractivity contribution < 1.29 is 0 Å². The molecule has 5 nitrogen and oxygen atoms in total. The Morgan fingerprint density at radius 2 is 1.75 bits per heavy atom. The first-order valence-electron chi connectivity index (χ1n) is 6.87. The summed E-state index contributed by atoms with van der Waals surface area (Å²) in [6.07, 6.45) is 3.66. The lowest BCUT2D eigenvalue weighted by Gasteiger charge is -2.36. The van der Waals surface area contributed by atoms with Gasteiger partial charge in [0.1, 0.15) is 5.82 Å². The van der Waals surface area contributed by atoms with Crippen LogP contribution in [0.4, 0.5) is 17.3 Å². The third-order valence-corrected chi connectivity index (χ3v) is 3.62. The Bertz CT molecular complexity index is 590. The highest BCUT2D eigenvalue weighted by atomic mass is 15.3. The molecule has 2 N–H and O–H groups in total. The van der Waals surface area contributed by atoms with Crippen molar-refractivity contribution in [1.82, 2.24) is 9.97 Å². The van der Waals surface area contributed by atoms with Crippen LogP contribution in [0.1, 0.15) is 5.56 Å². The van der Waals surface area contributed by atoms with Crippen molar-refractivity contribution in [3.8, 4) is 0 Å². The molecule has 0 unspecified atom stereocenters. The van der Waals surface area contributed by atoms with Gasteiger partial charge in [0.2, 0.25) is 0 Å². The highest BCUT2D eigenvalue weighted by Gasteiger charge is 2.20. The first kappa shape index (κ1) is 12.7. The quantitative estimate of drug-likeness (QED) is 0.899. The molecule has 3 rings (SSSR count). The Balaban J connectivity index is 1.70. The van der Waals surface area contributed by atoms with Crippen molar-refractivity contribution in [3.63, 3.8) is 0 Å². The number of anilines is 3. The van der Waals surface area contributed by atoms with Crippen molar-refractivity contribution in [2.75, 3.05) is 41.7 Å². The maximum atomic E-state index is 5.99. The first-order chi connectivity index (χ1) is 9.74. The molecule has 0 aliphatic carbocycles. The number of nitrogen functional groups attached to an aromatic ring is 1. The number of piperazine rings is 1. The Kier molecular flexibility index (Phi) is 3.41. The highest BCUT2D eigenvalue weighted by molar-refractivity contribution is 5.62. The molecule has 2 aromatic rings. The number of pyridine rings is 2. The van der Waals surface area contributed by atoms with Crippen LogP contribution in [0.25, 0.3) is 0 Å². The maximum absolute atomic E-state index is 5.99. The van der Waals surface area contributed by atoms with Gasteiger partial charge in [0, 0.05) is 38.6 Å². The van der Waals surface area contributed by atoms with Gasteiger partial charge in [-0.15, -0.1) is 0 Å². The fourth-order valence-corrected chi connectivity index (χ4v) is 2.51. The van der Waals surface area contributed by atoms with E-state index in [1.54, 1.807) is 6.20 Å². The molecule has 3 heterocycles. The van der Waals surface area contributed by atoms with Gasteiger partial charge in [0.15, 0.2) is 5.82 Å². The third-order valence-electron chi connectivity index (χ3n) is 3.62. The summed E-state index contributed by atoms with van der Waals surface area (Å²) >= 11 is 0. The van der Waals surface area contributed by atoms with Gasteiger partial charge in [-0.3, -0.25) is 0 Å². The van der Waals surface area contributed by atoms with Gasteiger partial charge in [-0.05, 0) is 36.8 Å². The Hall–Kier alpha value is -2.30. The molecule has 2 aromatic heterocycles. The Labute approximate surface area is 119 Å². The number of hydrogen-bond donors (Lipinski definition) is 1. The van der Waals surface area contributed by atoms with E-state index in [1.165, 1.54) is 5.56 Å². The summed E-state index contributed by atoms with van der Waals surface area (Å²) in [5.74, 6) is 1.95. The molecule has 1 aliphatic rings. The van der Waals surface area contributed by atoms with Crippen molar-refractivity contribution in [2.45, 2.75) is 6.92 Å². The minimum atomic E-state index is 0.745. The topological polar surface area (TPSA) is 58.3 Å². The van der Waals surface area contributed by atoms with Gasteiger partial charge >= 0.3 is 0 Å². The summed E-state index contributed by atoms with van der Waals surface area (Å²) in [7, 11) is 0. The van der Waals surface area contributed by atoms with Gasteiger partial charge in [-0.1, -0.05) is 0 Å². The molecule has 1 aliphatic heterocycles. The fourth-order valence-electron chi connectivity index (χ4n) is 2.51. The van der Waals surface area contributed by atoms with Crippen LogP contribution in [0, 0.1) is 6.92 Å². The van der Waals surface area contributed by atoms with Crippen molar-refractivity contribution in [1.29, 1.82) is 0 Å². The zero-order valence-corrected chi connectivity index (χ0v) is 11.7. The number of aromatic nitrogens is 2. The summed E-state index contributed by atoms with van der Waals surface area (Å²) in [5.41, 5.74) is 7.97. The predicted octanol–water partition coefficient (Wildman–Crippen LogP) is 1.69. The van der Waals surface area contributed by atoms with E-state index in [4.69, 9.17) is 5.73 Å². The molecule has 0 bridgehead atoms. The van der Waals surface area contributed by atoms with Crippen molar-refractivity contribution in [3.05, 3.63) is 42.2 Å². The van der Waals surface area contributed by atoms with Gasteiger partial charge < -0.3 is 15.5 Å². The minimum absolute atomic E-state index is 0.745. The second-order valence-corrected chi connectivity index (χ2v) is 5.08. The third kappa shape index (κ3) is 2.52. The van der Waals surface area contributed by atoms with E-state index in [1.807, 2.05) is 24.4 Å². The van der Waals surface area contributed by atoms with Gasteiger partial charge in [-0.2, -0.15) is 0 Å². The first-order valence-corrected chi connectivity index (χ1v) is 6.87. The summed E-state index contributed by atoms with van der Waals surface area (Å²) in [6, 6.07) is 7.92. The summed E-state index contributed by atoms with van der Waals surface area (Å²) < 4.78 is 0. The molecule has 20 heavy (non-hydrogen) atoms. The zero-order valence-electron chi connectivity index (χ0n) is 11.7. The van der Waals surface area contributed by atoms with Crippen LogP contribution in [0.2, 0.25) is 0 Å². The van der Waals surface area contributed by atoms with Crippen LogP contribution in [0.5, 0.6) is 0 Å². The van der Waals surface area contributed by atoms with Crippen LogP contribution in [-0.4, -0.2) is 36.1 Å². The monoisotopic (exact) mass is 269 g/mol. The predicted molar refractivity (Wildman–Crippen MR) is 82.0 cm³/mol. The van der Waals surface area contributed by atoms with E-state index < -0.39 is 0 Å². The van der Waals surface area contributed by atoms with Crippen LogP contribution in [0.3, 0.4) is 0 Å². The number of rotatable bonds is 2. The molecule has 0 spiro atoms. The van der Waals surface area contributed by atoms with E-state index >= 15 is 0 Å². The minimum Gasteiger partial charge on any atom is -0.396 e. The second kappa shape index (κ2) is 5.36. The Morgan fingerprint density at radius 3 is 2.45 bits per heavy atom. The molecule has 0 amide bonds. The lowest BCUT2D eigenvalue weighted by molar-refractivity contribution is 0.642. The molecular formula is C15H19N5. The van der Waals surface area contributed by atoms with Crippen LogP contribution >= 0.6 is 0 Å². The normalized spacial score (nSPS) is 15.4. The molecule has 5 heteroatoms. The molecule has 0 radical (unpaired) electrons. The van der Waals surface area contributed by atoms with Crippen molar-refractivity contribution in [2.24, 2.45) is 0 Å². The number of nitrogens with zero attached hydrogens (tertiary/aromatic N) is 4.